The number of nitrogens with zero attached hydrogens (tertiary/aromatic N) is 1. The molecule has 4 heteroatoms. The van der Waals surface area contributed by atoms with Crippen molar-refractivity contribution in [3.8, 4) is 0 Å². The first-order valence-corrected chi connectivity index (χ1v) is 6.59. The fourth-order valence-electron chi connectivity index (χ4n) is 2.16. The van der Waals surface area contributed by atoms with Crippen LogP contribution < -0.4 is 0 Å². The van der Waals surface area contributed by atoms with E-state index in [0.29, 0.717) is 13.2 Å². The van der Waals surface area contributed by atoms with Gasteiger partial charge in [-0.3, -0.25) is 0 Å². The molecule has 1 saturated heterocycles. The lowest BCUT2D eigenvalue weighted by Gasteiger charge is -2.35. The third-order valence-corrected chi connectivity index (χ3v) is 3.42. The van der Waals surface area contributed by atoms with E-state index in [1.807, 2.05) is 37.3 Å². The molecule has 0 aliphatic carbocycles. The molecule has 3 nitrogen and oxygen atoms in total. The van der Waals surface area contributed by atoms with Crippen LogP contribution >= 0.6 is 11.6 Å². The smallest absolute Gasteiger partial charge is 0.410 e. The lowest BCUT2D eigenvalue weighted by Crippen LogP contribution is -2.45. The zero-order valence-electron chi connectivity index (χ0n) is 10.6. The Kier molecular flexibility index (Phi) is 4.12. The lowest BCUT2D eigenvalue weighted by atomic mass is 10.00. The summed E-state index contributed by atoms with van der Waals surface area (Å²) in [4.78, 5) is 13.3. The molecule has 18 heavy (non-hydrogen) atoms. The summed E-state index contributed by atoms with van der Waals surface area (Å²) >= 11 is 6.28. The van der Waals surface area contributed by atoms with Crippen molar-refractivity contribution < 1.29 is 9.53 Å². The van der Waals surface area contributed by atoms with Crippen LogP contribution in [0.5, 0.6) is 0 Å². The van der Waals surface area contributed by atoms with Gasteiger partial charge in [-0.05, 0) is 25.3 Å². The van der Waals surface area contributed by atoms with Crippen molar-refractivity contribution in [1.29, 1.82) is 0 Å². The second-order valence-corrected chi connectivity index (χ2v) is 5.89. The molecule has 0 radical (unpaired) electrons. The van der Waals surface area contributed by atoms with Crippen molar-refractivity contribution in [2.75, 3.05) is 13.1 Å². The molecule has 1 atom stereocenters. The van der Waals surface area contributed by atoms with E-state index in [2.05, 4.69) is 0 Å². The summed E-state index contributed by atoms with van der Waals surface area (Å²) in [6, 6.07) is 9.68. The number of alkyl halides is 1. The van der Waals surface area contributed by atoms with Crippen LogP contribution in [-0.4, -0.2) is 29.0 Å². The average Bonchev–Trinajstić information content (AvgIpc) is 2.36. The third kappa shape index (κ3) is 3.64. The fourth-order valence-corrected chi connectivity index (χ4v) is 2.44. The molecular weight excluding hydrogens is 250 g/mol. The summed E-state index contributed by atoms with van der Waals surface area (Å²) in [5.74, 6) is 0. The number of carbonyl (C=O) groups excluding carboxylic acids is 1. The van der Waals surface area contributed by atoms with Gasteiger partial charge in [0.1, 0.15) is 6.61 Å². The molecule has 1 aromatic rings. The van der Waals surface area contributed by atoms with E-state index in [1.165, 1.54) is 0 Å². The van der Waals surface area contributed by atoms with Gasteiger partial charge < -0.3 is 9.64 Å². The number of likely N-dealkylation sites (tertiary alicyclic amines) is 1. The molecular formula is C14H18ClNO2. The summed E-state index contributed by atoms with van der Waals surface area (Å²) < 4.78 is 5.29. The van der Waals surface area contributed by atoms with Crippen LogP contribution in [0.3, 0.4) is 0 Å². The molecule has 1 aromatic carbocycles. The SMILES string of the molecule is C[C@@]1(Cl)CCCN(C(=O)OCc2ccccc2)C1. The summed E-state index contributed by atoms with van der Waals surface area (Å²) in [6.45, 7) is 3.57. The van der Waals surface area contributed by atoms with Gasteiger partial charge in [-0.2, -0.15) is 0 Å². The molecule has 98 valence electrons. The zero-order valence-corrected chi connectivity index (χ0v) is 11.3. The second-order valence-electron chi connectivity index (χ2n) is 4.98. The van der Waals surface area contributed by atoms with Gasteiger partial charge in [-0.1, -0.05) is 30.3 Å². The highest BCUT2D eigenvalue weighted by Gasteiger charge is 2.31. The number of halogens is 1. The van der Waals surface area contributed by atoms with Crippen molar-refractivity contribution in [3.63, 3.8) is 0 Å². The molecule has 0 aromatic heterocycles. The fraction of sp³-hybridized carbons (Fsp3) is 0.500. The minimum Gasteiger partial charge on any atom is -0.445 e. The number of carbonyl (C=O) groups is 1. The van der Waals surface area contributed by atoms with E-state index < -0.39 is 0 Å². The number of amides is 1. The van der Waals surface area contributed by atoms with Crippen molar-refractivity contribution in [2.45, 2.75) is 31.2 Å². The van der Waals surface area contributed by atoms with E-state index in [-0.39, 0.29) is 11.0 Å². The first-order chi connectivity index (χ1) is 8.57. The van der Waals surface area contributed by atoms with Crippen LogP contribution in [-0.2, 0) is 11.3 Å². The maximum atomic E-state index is 11.9. The Morgan fingerprint density at radius 2 is 2.17 bits per heavy atom. The van der Waals surface area contributed by atoms with Crippen LogP contribution in [0.15, 0.2) is 30.3 Å². The Hall–Kier alpha value is -1.22. The first kappa shape index (κ1) is 13.2. The predicted octanol–water partition coefficient (Wildman–Crippen LogP) is 3.42. The van der Waals surface area contributed by atoms with Gasteiger partial charge in [0.05, 0.1) is 4.87 Å². The molecule has 1 aliphatic rings. The Bertz CT molecular complexity index is 406. The molecule has 1 amide bonds. The quantitative estimate of drug-likeness (QED) is 0.769. The summed E-state index contributed by atoms with van der Waals surface area (Å²) in [6.07, 6.45) is 1.60. The number of benzene rings is 1. The summed E-state index contributed by atoms with van der Waals surface area (Å²) in [5.41, 5.74) is 0.997. The largest absolute Gasteiger partial charge is 0.445 e. The Labute approximate surface area is 113 Å². The Morgan fingerprint density at radius 1 is 1.44 bits per heavy atom. The van der Waals surface area contributed by atoms with Gasteiger partial charge >= 0.3 is 6.09 Å². The number of ether oxygens (including phenoxy) is 1. The number of piperidine rings is 1. The Balaban J connectivity index is 1.85. The molecule has 0 spiro atoms. The van der Waals surface area contributed by atoms with Crippen LogP contribution in [0, 0.1) is 0 Å². The van der Waals surface area contributed by atoms with Gasteiger partial charge in [-0.15, -0.1) is 11.6 Å². The predicted molar refractivity (Wildman–Crippen MR) is 71.7 cm³/mol. The minimum absolute atomic E-state index is 0.273. The van der Waals surface area contributed by atoms with Crippen LogP contribution in [0.25, 0.3) is 0 Å². The van der Waals surface area contributed by atoms with E-state index in [4.69, 9.17) is 16.3 Å². The number of hydrogen-bond acceptors (Lipinski definition) is 2. The van der Waals surface area contributed by atoms with Gasteiger partial charge in [0.2, 0.25) is 0 Å². The van der Waals surface area contributed by atoms with Crippen molar-refractivity contribution in [2.24, 2.45) is 0 Å². The highest BCUT2D eigenvalue weighted by molar-refractivity contribution is 6.24. The van der Waals surface area contributed by atoms with Crippen molar-refractivity contribution in [3.05, 3.63) is 35.9 Å². The normalized spacial score (nSPS) is 23.8. The monoisotopic (exact) mass is 267 g/mol. The highest BCUT2D eigenvalue weighted by Crippen LogP contribution is 2.27. The van der Waals surface area contributed by atoms with Gasteiger partial charge in [-0.25, -0.2) is 4.79 Å². The summed E-state index contributed by atoms with van der Waals surface area (Å²) in [5, 5.41) is 0. The number of rotatable bonds is 2. The van der Waals surface area contributed by atoms with E-state index >= 15 is 0 Å². The molecule has 1 fully saturated rings. The zero-order chi connectivity index (χ0) is 13.0. The highest BCUT2D eigenvalue weighted by atomic mass is 35.5. The molecule has 1 heterocycles. The molecule has 0 bridgehead atoms. The standard InChI is InChI=1S/C14H18ClNO2/c1-14(15)8-5-9-16(11-14)13(17)18-10-12-6-3-2-4-7-12/h2-4,6-7H,5,8-11H2,1H3/t14-/m1/s1. The van der Waals surface area contributed by atoms with E-state index in [1.54, 1.807) is 4.90 Å². The molecule has 1 aliphatic heterocycles. The van der Waals surface area contributed by atoms with Crippen LogP contribution in [0.2, 0.25) is 0 Å². The van der Waals surface area contributed by atoms with Gasteiger partial charge in [0.25, 0.3) is 0 Å². The maximum absolute atomic E-state index is 11.9. The molecule has 0 N–H and O–H groups in total. The third-order valence-electron chi connectivity index (χ3n) is 3.11. The van der Waals surface area contributed by atoms with Crippen molar-refractivity contribution >= 4 is 17.7 Å². The minimum atomic E-state index is -0.315. The average molecular weight is 268 g/mol. The summed E-state index contributed by atoms with van der Waals surface area (Å²) in [7, 11) is 0. The first-order valence-electron chi connectivity index (χ1n) is 6.21. The Morgan fingerprint density at radius 3 is 2.83 bits per heavy atom. The number of hydrogen-bond donors (Lipinski definition) is 0. The van der Waals surface area contributed by atoms with Gasteiger partial charge in [0.15, 0.2) is 0 Å². The van der Waals surface area contributed by atoms with Crippen LogP contribution in [0.4, 0.5) is 4.79 Å². The van der Waals surface area contributed by atoms with Crippen molar-refractivity contribution in [1.82, 2.24) is 4.90 Å². The maximum Gasteiger partial charge on any atom is 0.410 e. The lowest BCUT2D eigenvalue weighted by molar-refractivity contribution is 0.0839. The molecule has 0 unspecified atom stereocenters. The molecule has 0 saturated carbocycles. The molecule has 2 rings (SSSR count). The van der Waals surface area contributed by atoms with E-state index in [9.17, 15) is 4.79 Å². The van der Waals surface area contributed by atoms with Gasteiger partial charge in [0, 0.05) is 13.1 Å². The van der Waals surface area contributed by atoms with Crippen LogP contribution in [0.1, 0.15) is 25.3 Å². The topological polar surface area (TPSA) is 29.5 Å². The second kappa shape index (κ2) is 5.61. The van der Waals surface area contributed by atoms with E-state index in [0.717, 1.165) is 24.9 Å².